The Balaban J connectivity index is 2.04. The van der Waals surface area contributed by atoms with Crippen LogP contribution in [0.4, 0.5) is 13.2 Å². The highest BCUT2D eigenvalue weighted by Gasteiger charge is 2.38. The van der Waals surface area contributed by atoms with E-state index in [0.29, 0.717) is 11.4 Å². The molecule has 21 heavy (non-hydrogen) atoms. The molecule has 4 nitrogen and oxygen atoms in total. The minimum absolute atomic E-state index is 0.0786. The Labute approximate surface area is 117 Å². The lowest BCUT2D eigenvalue weighted by Crippen LogP contribution is -2.08. The van der Waals surface area contributed by atoms with E-state index >= 15 is 0 Å². The van der Waals surface area contributed by atoms with E-state index in [2.05, 4.69) is 5.10 Å². The van der Waals surface area contributed by atoms with Gasteiger partial charge >= 0.3 is 12.1 Å². The van der Waals surface area contributed by atoms with E-state index < -0.39 is 17.8 Å². The SMILES string of the molecule is O=C(O)c1ccc(-n2nc(C(F)(F)F)cc2C2CC2)cc1. The highest BCUT2D eigenvalue weighted by atomic mass is 19.4. The molecule has 1 aromatic carbocycles. The summed E-state index contributed by atoms with van der Waals surface area (Å²) in [6, 6.07) is 6.69. The maximum Gasteiger partial charge on any atom is 0.435 e. The van der Waals surface area contributed by atoms with Crippen molar-refractivity contribution in [3.05, 3.63) is 47.3 Å². The third kappa shape index (κ3) is 2.63. The molecule has 0 unspecified atom stereocenters. The average molecular weight is 296 g/mol. The molecular formula is C14H11F3N2O2. The molecule has 0 amide bonds. The number of aromatic nitrogens is 2. The van der Waals surface area contributed by atoms with Gasteiger partial charge in [0, 0.05) is 11.6 Å². The zero-order chi connectivity index (χ0) is 15.2. The van der Waals surface area contributed by atoms with E-state index in [-0.39, 0.29) is 11.5 Å². The first-order chi connectivity index (χ1) is 9.86. The van der Waals surface area contributed by atoms with Crippen molar-refractivity contribution in [1.29, 1.82) is 0 Å². The molecule has 110 valence electrons. The third-order valence-corrected chi connectivity index (χ3v) is 3.38. The van der Waals surface area contributed by atoms with Crippen molar-refractivity contribution in [3.63, 3.8) is 0 Å². The van der Waals surface area contributed by atoms with Crippen molar-refractivity contribution < 1.29 is 23.1 Å². The molecule has 0 radical (unpaired) electrons. The summed E-state index contributed by atoms with van der Waals surface area (Å²) in [5, 5.41) is 12.5. The molecule has 1 aromatic heterocycles. The Morgan fingerprint density at radius 3 is 2.33 bits per heavy atom. The predicted molar refractivity (Wildman–Crippen MR) is 67.5 cm³/mol. The quantitative estimate of drug-likeness (QED) is 0.943. The van der Waals surface area contributed by atoms with E-state index in [1.807, 2.05) is 0 Å². The fourth-order valence-corrected chi connectivity index (χ4v) is 2.16. The standard InChI is InChI=1S/C14H11F3N2O2/c15-14(16,17)12-7-11(8-1-2-8)19(18-12)10-5-3-9(4-6-10)13(20)21/h3-8H,1-2H2,(H,20,21). The van der Waals surface area contributed by atoms with Crippen molar-refractivity contribution >= 4 is 5.97 Å². The number of rotatable bonds is 3. The summed E-state index contributed by atoms with van der Waals surface area (Å²) in [5.41, 5.74) is 0.101. The van der Waals surface area contributed by atoms with Gasteiger partial charge in [-0.15, -0.1) is 0 Å². The van der Waals surface area contributed by atoms with Crippen LogP contribution in [0.2, 0.25) is 0 Å². The monoisotopic (exact) mass is 296 g/mol. The zero-order valence-corrected chi connectivity index (χ0v) is 10.8. The predicted octanol–water partition coefficient (Wildman–Crippen LogP) is 3.47. The topological polar surface area (TPSA) is 55.1 Å². The van der Waals surface area contributed by atoms with Gasteiger partial charge in [0.05, 0.1) is 11.3 Å². The van der Waals surface area contributed by atoms with Crippen LogP contribution in [0.5, 0.6) is 0 Å². The summed E-state index contributed by atoms with van der Waals surface area (Å²) in [5.74, 6) is -0.992. The summed E-state index contributed by atoms with van der Waals surface area (Å²) in [6.07, 6.45) is -2.80. The number of hydrogen-bond acceptors (Lipinski definition) is 2. The van der Waals surface area contributed by atoms with Crippen LogP contribution >= 0.6 is 0 Å². The van der Waals surface area contributed by atoms with E-state index in [4.69, 9.17) is 5.11 Å². The van der Waals surface area contributed by atoms with Crippen LogP contribution in [-0.2, 0) is 6.18 Å². The number of hydrogen-bond donors (Lipinski definition) is 1. The summed E-state index contributed by atoms with van der Waals surface area (Å²) in [6.45, 7) is 0. The van der Waals surface area contributed by atoms with Gasteiger partial charge in [-0.05, 0) is 43.2 Å². The molecular weight excluding hydrogens is 285 g/mol. The molecule has 1 aliphatic carbocycles. The Hall–Kier alpha value is -2.31. The molecule has 1 heterocycles. The van der Waals surface area contributed by atoms with E-state index in [9.17, 15) is 18.0 Å². The smallest absolute Gasteiger partial charge is 0.435 e. The highest BCUT2D eigenvalue weighted by molar-refractivity contribution is 5.87. The lowest BCUT2D eigenvalue weighted by atomic mass is 10.2. The van der Waals surface area contributed by atoms with Crippen LogP contribution in [0, 0.1) is 0 Å². The Morgan fingerprint density at radius 2 is 1.86 bits per heavy atom. The van der Waals surface area contributed by atoms with Gasteiger partial charge < -0.3 is 5.11 Å². The zero-order valence-electron chi connectivity index (χ0n) is 10.8. The van der Waals surface area contributed by atoms with Gasteiger partial charge in [0.25, 0.3) is 0 Å². The second-order valence-corrected chi connectivity index (χ2v) is 4.99. The molecule has 7 heteroatoms. The van der Waals surface area contributed by atoms with Gasteiger partial charge in [0.2, 0.25) is 0 Å². The molecule has 0 saturated heterocycles. The number of alkyl halides is 3. The Bertz CT molecular complexity index is 685. The lowest BCUT2D eigenvalue weighted by molar-refractivity contribution is -0.141. The molecule has 1 fully saturated rings. The molecule has 2 aromatic rings. The summed E-state index contributed by atoms with van der Waals surface area (Å²) in [7, 11) is 0. The normalized spacial score (nSPS) is 15.2. The van der Waals surface area contributed by atoms with Gasteiger partial charge in [-0.25, -0.2) is 9.48 Å². The molecule has 0 spiro atoms. The van der Waals surface area contributed by atoms with Gasteiger partial charge in [0.15, 0.2) is 5.69 Å². The minimum atomic E-state index is -4.49. The summed E-state index contributed by atoms with van der Waals surface area (Å²) in [4.78, 5) is 10.8. The molecule has 3 rings (SSSR count). The molecule has 0 bridgehead atoms. The number of carbonyl (C=O) groups is 1. The molecule has 1 N–H and O–H groups in total. The minimum Gasteiger partial charge on any atom is -0.478 e. The molecule has 1 saturated carbocycles. The Morgan fingerprint density at radius 1 is 1.24 bits per heavy atom. The van der Waals surface area contributed by atoms with Gasteiger partial charge in [0.1, 0.15) is 0 Å². The van der Waals surface area contributed by atoms with Crippen LogP contribution in [0.15, 0.2) is 30.3 Å². The fourth-order valence-electron chi connectivity index (χ4n) is 2.16. The average Bonchev–Trinajstić information content (AvgIpc) is 3.16. The van der Waals surface area contributed by atoms with Crippen molar-refractivity contribution in [1.82, 2.24) is 9.78 Å². The second-order valence-electron chi connectivity index (χ2n) is 4.99. The fraction of sp³-hybridized carbons (Fsp3) is 0.286. The van der Waals surface area contributed by atoms with Crippen LogP contribution in [0.25, 0.3) is 5.69 Å². The van der Waals surface area contributed by atoms with Crippen molar-refractivity contribution in [2.75, 3.05) is 0 Å². The van der Waals surface area contributed by atoms with Gasteiger partial charge in [-0.1, -0.05) is 0 Å². The van der Waals surface area contributed by atoms with Crippen molar-refractivity contribution in [2.24, 2.45) is 0 Å². The van der Waals surface area contributed by atoms with Crippen LogP contribution in [0.1, 0.15) is 40.5 Å². The third-order valence-electron chi connectivity index (χ3n) is 3.38. The highest BCUT2D eigenvalue weighted by Crippen LogP contribution is 2.42. The number of carboxylic acids is 1. The lowest BCUT2D eigenvalue weighted by Gasteiger charge is -2.07. The van der Waals surface area contributed by atoms with Crippen LogP contribution in [-0.4, -0.2) is 20.9 Å². The number of benzene rings is 1. The van der Waals surface area contributed by atoms with E-state index in [1.54, 1.807) is 0 Å². The largest absolute Gasteiger partial charge is 0.478 e. The number of halogens is 3. The first-order valence-corrected chi connectivity index (χ1v) is 6.37. The maximum atomic E-state index is 12.8. The van der Waals surface area contributed by atoms with Crippen LogP contribution in [0.3, 0.4) is 0 Å². The number of aromatic carboxylic acids is 1. The second kappa shape index (κ2) is 4.61. The van der Waals surface area contributed by atoms with E-state index in [1.165, 1.54) is 28.9 Å². The first-order valence-electron chi connectivity index (χ1n) is 6.37. The van der Waals surface area contributed by atoms with Gasteiger partial charge in [-0.3, -0.25) is 0 Å². The van der Waals surface area contributed by atoms with Crippen LogP contribution < -0.4 is 0 Å². The number of carboxylic acid groups (broad SMARTS) is 1. The van der Waals surface area contributed by atoms with Crippen molar-refractivity contribution in [2.45, 2.75) is 24.9 Å². The van der Waals surface area contributed by atoms with E-state index in [0.717, 1.165) is 18.9 Å². The molecule has 1 aliphatic rings. The Kier molecular flexibility index (Phi) is 3.00. The first kappa shape index (κ1) is 13.7. The summed E-state index contributed by atoms with van der Waals surface area (Å²) >= 11 is 0. The summed E-state index contributed by atoms with van der Waals surface area (Å²) < 4.78 is 39.6. The molecule has 0 atom stereocenters. The molecule has 0 aliphatic heterocycles. The maximum absolute atomic E-state index is 12.8. The van der Waals surface area contributed by atoms with Gasteiger partial charge in [-0.2, -0.15) is 18.3 Å². The number of nitrogens with zero attached hydrogens (tertiary/aromatic N) is 2. The van der Waals surface area contributed by atoms with Crippen molar-refractivity contribution in [3.8, 4) is 5.69 Å².